The van der Waals surface area contributed by atoms with E-state index in [1.807, 2.05) is 0 Å². The summed E-state index contributed by atoms with van der Waals surface area (Å²) in [6, 6.07) is 1.18. The number of nitrogens with zero attached hydrogens (tertiary/aromatic N) is 1. The zero-order chi connectivity index (χ0) is 13.7. The van der Waals surface area contributed by atoms with Crippen molar-refractivity contribution in [1.82, 2.24) is 4.98 Å². The maximum atomic E-state index is 10.9. The van der Waals surface area contributed by atoms with Gasteiger partial charge in [0.15, 0.2) is 0 Å². The lowest BCUT2D eigenvalue weighted by atomic mass is 10.0. The van der Waals surface area contributed by atoms with Gasteiger partial charge in [-0.2, -0.15) is 0 Å². The van der Waals surface area contributed by atoms with E-state index in [9.17, 15) is 19.8 Å². The fourth-order valence-electron chi connectivity index (χ4n) is 1.32. The molecule has 0 aliphatic heterocycles. The molecular weight excluding hydrogens is 242 g/mol. The molecule has 0 aromatic carbocycles. The fraction of sp³-hybridized carbons (Fsp3) is 0.364. The molecule has 0 aliphatic rings. The number of carboxylic acid groups (broad SMARTS) is 1. The predicted molar refractivity (Wildman–Crippen MR) is 58.8 cm³/mol. The number of methoxy groups -OCH3 is 1. The van der Waals surface area contributed by atoms with E-state index in [-0.39, 0.29) is 11.1 Å². The lowest BCUT2D eigenvalue weighted by Gasteiger charge is -2.16. The Kier molecular flexibility index (Phi) is 4.75. The summed E-state index contributed by atoms with van der Waals surface area (Å²) < 4.78 is 4.35. The Morgan fingerprint density at radius 1 is 1.39 bits per heavy atom. The molecule has 1 aromatic heterocycles. The monoisotopic (exact) mass is 255 g/mol. The zero-order valence-corrected chi connectivity index (χ0v) is 9.61. The van der Waals surface area contributed by atoms with Crippen LogP contribution in [0.2, 0.25) is 0 Å². The van der Waals surface area contributed by atoms with E-state index >= 15 is 0 Å². The van der Waals surface area contributed by atoms with E-state index in [4.69, 9.17) is 5.11 Å². The molecule has 3 N–H and O–H groups in total. The summed E-state index contributed by atoms with van der Waals surface area (Å²) in [4.78, 5) is 25.3. The average molecular weight is 255 g/mol. The standard InChI is InChI=1S/C11H13NO6/c1-18-9(14)3-8(13)10(15)6-2-7(11(16)17)5-12-4-6/h2,4-5,8,10,13,15H,3H2,1H3,(H,16,17). The summed E-state index contributed by atoms with van der Waals surface area (Å²) in [5.74, 6) is -1.87. The normalized spacial score (nSPS) is 13.7. The highest BCUT2D eigenvalue weighted by Gasteiger charge is 2.22. The molecular formula is C11H13NO6. The number of aliphatic hydroxyl groups is 2. The SMILES string of the molecule is COC(=O)CC(O)C(O)c1cncc(C(=O)O)c1. The van der Waals surface area contributed by atoms with Crippen LogP contribution in [-0.2, 0) is 9.53 Å². The molecule has 1 rings (SSSR count). The molecule has 1 aromatic rings. The second kappa shape index (κ2) is 6.08. The molecule has 0 bridgehead atoms. The van der Waals surface area contributed by atoms with Crippen LogP contribution in [0.4, 0.5) is 0 Å². The summed E-state index contributed by atoms with van der Waals surface area (Å²) in [5.41, 5.74) is 0.00289. The number of carbonyl (C=O) groups is 2. The van der Waals surface area contributed by atoms with Crippen molar-refractivity contribution >= 4 is 11.9 Å². The van der Waals surface area contributed by atoms with Gasteiger partial charge in [-0.05, 0) is 6.07 Å². The van der Waals surface area contributed by atoms with Crippen LogP contribution in [0.3, 0.4) is 0 Å². The van der Waals surface area contributed by atoms with Gasteiger partial charge >= 0.3 is 11.9 Å². The summed E-state index contributed by atoms with van der Waals surface area (Å²) in [6.45, 7) is 0. The minimum absolute atomic E-state index is 0.114. The molecule has 0 fully saturated rings. The molecule has 0 saturated carbocycles. The molecule has 1 heterocycles. The lowest BCUT2D eigenvalue weighted by molar-refractivity contribution is -0.144. The molecule has 18 heavy (non-hydrogen) atoms. The van der Waals surface area contributed by atoms with E-state index in [1.165, 1.54) is 12.3 Å². The maximum absolute atomic E-state index is 10.9. The van der Waals surface area contributed by atoms with Gasteiger partial charge in [0.1, 0.15) is 6.10 Å². The third kappa shape index (κ3) is 3.51. The first kappa shape index (κ1) is 14.1. The van der Waals surface area contributed by atoms with Crippen molar-refractivity contribution in [2.24, 2.45) is 0 Å². The van der Waals surface area contributed by atoms with Crippen molar-refractivity contribution in [3.63, 3.8) is 0 Å². The molecule has 7 heteroatoms. The summed E-state index contributed by atoms with van der Waals surface area (Å²) in [6.07, 6.45) is -0.850. The number of esters is 1. The Hall–Kier alpha value is -1.99. The van der Waals surface area contributed by atoms with Crippen molar-refractivity contribution in [3.8, 4) is 0 Å². The third-order valence-corrected chi connectivity index (χ3v) is 2.32. The number of aromatic nitrogens is 1. The first-order chi connectivity index (χ1) is 8.45. The van der Waals surface area contributed by atoms with Crippen molar-refractivity contribution in [2.45, 2.75) is 18.6 Å². The van der Waals surface area contributed by atoms with Crippen LogP contribution >= 0.6 is 0 Å². The van der Waals surface area contributed by atoms with Gasteiger partial charge in [0, 0.05) is 18.0 Å². The molecule has 0 saturated heterocycles. The Labute approximate surface area is 103 Å². The Morgan fingerprint density at radius 3 is 2.61 bits per heavy atom. The number of aliphatic hydroxyl groups excluding tert-OH is 2. The molecule has 0 radical (unpaired) electrons. The number of pyridine rings is 1. The van der Waals surface area contributed by atoms with Crippen LogP contribution < -0.4 is 0 Å². The molecule has 0 amide bonds. The number of ether oxygens (including phenoxy) is 1. The van der Waals surface area contributed by atoms with Gasteiger partial charge < -0.3 is 20.1 Å². The number of hydrogen-bond donors (Lipinski definition) is 3. The van der Waals surface area contributed by atoms with Crippen molar-refractivity contribution < 1.29 is 29.6 Å². The number of hydrogen-bond acceptors (Lipinski definition) is 6. The first-order valence-electron chi connectivity index (χ1n) is 5.07. The molecule has 98 valence electrons. The van der Waals surface area contributed by atoms with Gasteiger partial charge in [0.05, 0.1) is 25.2 Å². The Morgan fingerprint density at radius 2 is 2.06 bits per heavy atom. The Balaban J connectivity index is 2.82. The number of aromatic carboxylic acids is 1. The van der Waals surface area contributed by atoms with E-state index in [0.717, 1.165) is 13.3 Å². The molecule has 2 unspecified atom stereocenters. The summed E-state index contributed by atoms with van der Waals surface area (Å²) in [7, 11) is 1.16. The van der Waals surface area contributed by atoms with E-state index in [2.05, 4.69) is 9.72 Å². The van der Waals surface area contributed by atoms with Gasteiger partial charge in [0.2, 0.25) is 0 Å². The van der Waals surface area contributed by atoms with Gasteiger partial charge in [0.25, 0.3) is 0 Å². The van der Waals surface area contributed by atoms with Crippen molar-refractivity contribution in [3.05, 3.63) is 29.6 Å². The third-order valence-electron chi connectivity index (χ3n) is 2.32. The van der Waals surface area contributed by atoms with E-state index < -0.39 is 30.6 Å². The van der Waals surface area contributed by atoms with Crippen LogP contribution in [0, 0.1) is 0 Å². The van der Waals surface area contributed by atoms with Crippen molar-refractivity contribution in [1.29, 1.82) is 0 Å². The highest BCUT2D eigenvalue weighted by atomic mass is 16.5. The smallest absolute Gasteiger partial charge is 0.337 e. The largest absolute Gasteiger partial charge is 0.478 e. The highest BCUT2D eigenvalue weighted by Crippen LogP contribution is 2.19. The molecule has 0 aliphatic carbocycles. The van der Waals surface area contributed by atoms with Crippen LogP contribution in [0.25, 0.3) is 0 Å². The average Bonchev–Trinajstić information content (AvgIpc) is 2.37. The minimum Gasteiger partial charge on any atom is -0.478 e. The fourth-order valence-corrected chi connectivity index (χ4v) is 1.32. The lowest BCUT2D eigenvalue weighted by Crippen LogP contribution is -2.23. The van der Waals surface area contributed by atoms with Crippen LogP contribution in [0.5, 0.6) is 0 Å². The van der Waals surface area contributed by atoms with Gasteiger partial charge in [-0.3, -0.25) is 9.78 Å². The van der Waals surface area contributed by atoms with Crippen LogP contribution in [0.1, 0.15) is 28.4 Å². The first-order valence-corrected chi connectivity index (χ1v) is 5.07. The van der Waals surface area contributed by atoms with Gasteiger partial charge in [-0.1, -0.05) is 0 Å². The molecule has 7 nitrogen and oxygen atoms in total. The van der Waals surface area contributed by atoms with Gasteiger partial charge in [-0.25, -0.2) is 4.79 Å². The van der Waals surface area contributed by atoms with Crippen LogP contribution in [0.15, 0.2) is 18.5 Å². The quantitative estimate of drug-likeness (QED) is 0.620. The zero-order valence-electron chi connectivity index (χ0n) is 9.61. The Bertz CT molecular complexity index is 447. The summed E-state index contributed by atoms with van der Waals surface area (Å²) >= 11 is 0. The molecule has 2 atom stereocenters. The van der Waals surface area contributed by atoms with Crippen molar-refractivity contribution in [2.75, 3.05) is 7.11 Å². The number of rotatable bonds is 5. The maximum Gasteiger partial charge on any atom is 0.337 e. The second-order valence-corrected chi connectivity index (χ2v) is 3.60. The summed E-state index contributed by atoms with van der Waals surface area (Å²) in [5, 5.41) is 28.1. The molecule has 0 spiro atoms. The van der Waals surface area contributed by atoms with E-state index in [0.29, 0.717) is 0 Å². The highest BCUT2D eigenvalue weighted by molar-refractivity contribution is 5.87. The number of carbonyl (C=O) groups excluding carboxylic acids is 1. The minimum atomic E-state index is -1.41. The van der Waals surface area contributed by atoms with Crippen LogP contribution in [-0.4, -0.2) is 45.5 Å². The second-order valence-electron chi connectivity index (χ2n) is 3.60. The van der Waals surface area contributed by atoms with Gasteiger partial charge in [-0.15, -0.1) is 0 Å². The topological polar surface area (TPSA) is 117 Å². The number of carboxylic acids is 1. The predicted octanol–water partition coefficient (Wildman–Crippen LogP) is -0.263. The van der Waals surface area contributed by atoms with E-state index in [1.54, 1.807) is 0 Å².